The predicted octanol–water partition coefficient (Wildman–Crippen LogP) is 2.66. The molecule has 1 aliphatic heterocycles. The predicted molar refractivity (Wildman–Crippen MR) is 101 cm³/mol. The number of hydrogen-bond acceptors (Lipinski definition) is 4. The van der Waals surface area contributed by atoms with E-state index in [1.165, 1.54) is 24.3 Å². The molecule has 1 fully saturated rings. The highest BCUT2D eigenvalue weighted by Gasteiger charge is 2.35. The van der Waals surface area contributed by atoms with Crippen molar-refractivity contribution in [1.29, 1.82) is 0 Å². The molecule has 1 heterocycles. The first-order chi connectivity index (χ1) is 13.4. The topological polar surface area (TPSA) is 75.7 Å². The van der Waals surface area contributed by atoms with Crippen LogP contribution in [0.15, 0.2) is 48.5 Å². The van der Waals surface area contributed by atoms with E-state index in [2.05, 4.69) is 5.32 Å². The molecule has 0 spiro atoms. The number of rotatable bonds is 6. The number of esters is 1. The fourth-order valence-corrected chi connectivity index (χ4v) is 2.98. The molecule has 6 nitrogen and oxygen atoms in total. The summed E-state index contributed by atoms with van der Waals surface area (Å²) in [5.41, 5.74) is 2.53. The van der Waals surface area contributed by atoms with E-state index in [4.69, 9.17) is 4.74 Å². The maximum absolute atomic E-state index is 12.9. The quantitative estimate of drug-likeness (QED) is 0.777. The van der Waals surface area contributed by atoms with E-state index in [1.807, 2.05) is 31.2 Å². The molecule has 2 amide bonds. The Hall–Kier alpha value is -3.22. The van der Waals surface area contributed by atoms with Gasteiger partial charge in [0.05, 0.1) is 5.92 Å². The molecule has 1 N–H and O–H groups in total. The number of ether oxygens (including phenoxy) is 1. The summed E-state index contributed by atoms with van der Waals surface area (Å²) in [4.78, 5) is 37.9. The molecule has 0 unspecified atom stereocenters. The monoisotopic (exact) mass is 384 g/mol. The maximum atomic E-state index is 12.9. The van der Waals surface area contributed by atoms with E-state index in [-0.39, 0.29) is 18.9 Å². The first-order valence-corrected chi connectivity index (χ1v) is 8.96. The third kappa shape index (κ3) is 5.16. The van der Waals surface area contributed by atoms with Crippen molar-refractivity contribution in [3.05, 3.63) is 65.5 Å². The van der Waals surface area contributed by atoms with E-state index in [1.54, 1.807) is 4.90 Å². The number of aryl methyl sites for hydroxylation is 1. The van der Waals surface area contributed by atoms with Gasteiger partial charge in [0.15, 0.2) is 6.61 Å². The van der Waals surface area contributed by atoms with E-state index >= 15 is 0 Å². The smallest absolute Gasteiger partial charge is 0.311 e. The van der Waals surface area contributed by atoms with Gasteiger partial charge in [0, 0.05) is 25.2 Å². The summed E-state index contributed by atoms with van der Waals surface area (Å²) in [7, 11) is 0. The Balaban J connectivity index is 1.46. The van der Waals surface area contributed by atoms with Crippen LogP contribution in [0.25, 0.3) is 0 Å². The maximum Gasteiger partial charge on any atom is 0.311 e. The highest BCUT2D eigenvalue weighted by atomic mass is 19.1. The molecule has 2 aromatic rings. The van der Waals surface area contributed by atoms with Crippen LogP contribution < -0.4 is 5.32 Å². The molecule has 1 atom stereocenters. The van der Waals surface area contributed by atoms with Crippen molar-refractivity contribution in [2.75, 3.05) is 18.5 Å². The minimum atomic E-state index is -0.587. The summed E-state index contributed by atoms with van der Waals surface area (Å²) in [6, 6.07) is 13.1. The van der Waals surface area contributed by atoms with Gasteiger partial charge in [-0.3, -0.25) is 14.4 Å². The second kappa shape index (κ2) is 8.65. The molecule has 0 saturated carbocycles. The lowest BCUT2D eigenvalue weighted by molar-refractivity contribution is -0.151. The van der Waals surface area contributed by atoms with Gasteiger partial charge < -0.3 is 15.0 Å². The van der Waals surface area contributed by atoms with Crippen LogP contribution in [0.1, 0.15) is 17.5 Å². The molecule has 2 aromatic carbocycles. The molecule has 0 aliphatic carbocycles. The van der Waals surface area contributed by atoms with Gasteiger partial charge in [-0.05, 0) is 36.8 Å². The Morgan fingerprint density at radius 3 is 2.50 bits per heavy atom. The van der Waals surface area contributed by atoms with Crippen molar-refractivity contribution in [3.8, 4) is 0 Å². The van der Waals surface area contributed by atoms with Crippen LogP contribution in [0, 0.1) is 18.7 Å². The number of anilines is 1. The number of amides is 2. The Bertz CT molecular complexity index is 865. The summed E-state index contributed by atoms with van der Waals surface area (Å²) in [5, 5.41) is 2.51. The summed E-state index contributed by atoms with van der Waals surface area (Å²) in [6.45, 7) is 2.24. The second-order valence-corrected chi connectivity index (χ2v) is 6.82. The number of halogens is 1. The van der Waals surface area contributed by atoms with E-state index in [0.29, 0.717) is 12.2 Å². The number of likely N-dealkylation sites (tertiary alicyclic amines) is 1. The molecular formula is C21H21FN2O4. The first kappa shape index (κ1) is 19.5. The molecule has 3 rings (SSSR count). The van der Waals surface area contributed by atoms with Crippen LogP contribution >= 0.6 is 0 Å². The van der Waals surface area contributed by atoms with Gasteiger partial charge in [0.1, 0.15) is 5.82 Å². The summed E-state index contributed by atoms with van der Waals surface area (Å²) in [6.07, 6.45) is 0.0737. The van der Waals surface area contributed by atoms with Crippen molar-refractivity contribution in [2.45, 2.75) is 19.9 Å². The standard InChI is InChI=1S/C21H21FN2O4/c1-14-2-4-15(5-3-14)11-24-12-16(10-20(24)26)21(27)28-13-19(25)23-18-8-6-17(22)7-9-18/h2-9,16H,10-13H2,1H3,(H,23,25)/t16-/m0/s1. The van der Waals surface area contributed by atoms with Gasteiger partial charge >= 0.3 is 5.97 Å². The first-order valence-electron chi connectivity index (χ1n) is 8.96. The molecule has 1 aliphatic rings. The van der Waals surface area contributed by atoms with Gasteiger partial charge in [0.25, 0.3) is 5.91 Å². The van der Waals surface area contributed by atoms with E-state index in [0.717, 1.165) is 11.1 Å². The molecule has 0 bridgehead atoms. The fraction of sp³-hybridized carbons (Fsp3) is 0.286. The number of carbonyl (C=O) groups excluding carboxylic acids is 3. The highest BCUT2D eigenvalue weighted by Crippen LogP contribution is 2.21. The number of carbonyl (C=O) groups is 3. The van der Waals surface area contributed by atoms with E-state index < -0.39 is 30.2 Å². The average Bonchev–Trinajstić information content (AvgIpc) is 3.04. The molecule has 28 heavy (non-hydrogen) atoms. The van der Waals surface area contributed by atoms with E-state index in [9.17, 15) is 18.8 Å². The van der Waals surface area contributed by atoms with Crippen LogP contribution in [0.2, 0.25) is 0 Å². The third-order valence-corrected chi connectivity index (χ3v) is 4.52. The lowest BCUT2D eigenvalue weighted by Crippen LogP contribution is -2.28. The zero-order chi connectivity index (χ0) is 20.1. The highest BCUT2D eigenvalue weighted by molar-refractivity contribution is 5.93. The van der Waals surface area contributed by atoms with Crippen LogP contribution in [0.4, 0.5) is 10.1 Å². The van der Waals surface area contributed by atoms with Gasteiger partial charge in [0.2, 0.25) is 5.91 Å². The third-order valence-electron chi connectivity index (χ3n) is 4.52. The molecule has 0 radical (unpaired) electrons. The fourth-order valence-electron chi connectivity index (χ4n) is 2.98. The lowest BCUT2D eigenvalue weighted by Gasteiger charge is -2.16. The van der Waals surface area contributed by atoms with Crippen molar-refractivity contribution < 1.29 is 23.5 Å². The molecule has 146 valence electrons. The summed E-state index contributed by atoms with van der Waals surface area (Å²) in [5.74, 6) is -2.21. The van der Waals surface area contributed by atoms with Crippen molar-refractivity contribution >= 4 is 23.5 Å². The number of benzene rings is 2. The van der Waals surface area contributed by atoms with Crippen LogP contribution in [-0.2, 0) is 25.7 Å². The van der Waals surface area contributed by atoms with Crippen molar-refractivity contribution in [1.82, 2.24) is 4.90 Å². The summed E-state index contributed by atoms with van der Waals surface area (Å²) >= 11 is 0. The SMILES string of the molecule is Cc1ccc(CN2C[C@@H](C(=O)OCC(=O)Nc3ccc(F)cc3)CC2=O)cc1. The number of nitrogens with zero attached hydrogens (tertiary/aromatic N) is 1. The minimum Gasteiger partial charge on any atom is -0.455 e. The molecular weight excluding hydrogens is 363 g/mol. The Morgan fingerprint density at radius 1 is 1.14 bits per heavy atom. The Morgan fingerprint density at radius 2 is 1.82 bits per heavy atom. The largest absolute Gasteiger partial charge is 0.455 e. The summed E-state index contributed by atoms with van der Waals surface area (Å²) < 4.78 is 17.9. The van der Waals surface area contributed by atoms with Crippen LogP contribution in [0.3, 0.4) is 0 Å². The number of nitrogens with one attached hydrogen (secondary N) is 1. The minimum absolute atomic E-state index is 0.0737. The number of hydrogen-bond donors (Lipinski definition) is 1. The Labute approximate surface area is 162 Å². The van der Waals surface area contributed by atoms with Gasteiger partial charge in [-0.2, -0.15) is 0 Å². The van der Waals surface area contributed by atoms with Crippen LogP contribution in [0.5, 0.6) is 0 Å². The Kier molecular flexibility index (Phi) is 6.03. The van der Waals surface area contributed by atoms with Crippen molar-refractivity contribution in [3.63, 3.8) is 0 Å². The van der Waals surface area contributed by atoms with Gasteiger partial charge in [-0.1, -0.05) is 29.8 Å². The van der Waals surface area contributed by atoms with Gasteiger partial charge in [-0.15, -0.1) is 0 Å². The zero-order valence-electron chi connectivity index (χ0n) is 15.5. The van der Waals surface area contributed by atoms with Crippen molar-refractivity contribution in [2.24, 2.45) is 5.92 Å². The molecule has 1 saturated heterocycles. The second-order valence-electron chi connectivity index (χ2n) is 6.82. The normalized spacial score (nSPS) is 16.1. The zero-order valence-corrected chi connectivity index (χ0v) is 15.5. The lowest BCUT2D eigenvalue weighted by atomic mass is 10.1. The van der Waals surface area contributed by atoms with Gasteiger partial charge in [-0.25, -0.2) is 4.39 Å². The average molecular weight is 384 g/mol. The van der Waals surface area contributed by atoms with Crippen LogP contribution in [-0.4, -0.2) is 35.8 Å². The molecule has 0 aromatic heterocycles. The molecule has 7 heteroatoms.